The third kappa shape index (κ3) is 5.78. The fourth-order valence-corrected chi connectivity index (χ4v) is 1.53. The van der Waals surface area contributed by atoms with Gasteiger partial charge in [0.15, 0.2) is 0 Å². The van der Waals surface area contributed by atoms with Crippen molar-refractivity contribution in [1.82, 2.24) is 0 Å². The van der Waals surface area contributed by atoms with Crippen LogP contribution >= 0.6 is 0 Å². The molecular formula is C16H22O4. The van der Waals surface area contributed by atoms with Crippen LogP contribution < -0.4 is 9.47 Å². The molecule has 0 saturated carbocycles. The van der Waals surface area contributed by atoms with Gasteiger partial charge in [-0.1, -0.05) is 13.8 Å². The molecule has 0 bridgehead atoms. The number of rotatable bonds is 8. The summed E-state index contributed by atoms with van der Waals surface area (Å²) in [6.45, 7) is 5.40. The van der Waals surface area contributed by atoms with Crippen molar-refractivity contribution < 1.29 is 19.0 Å². The number of carbonyl (C=O) groups excluding carboxylic acids is 1. The molecule has 0 aliphatic heterocycles. The summed E-state index contributed by atoms with van der Waals surface area (Å²) in [6, 6.07) is 5.60. The highest BCUT2D eigenvalue weighted by molar-refractivity contribution is 5.87. The second-order valence-corrected chi connectivity index (χ2v) is 4.29. The fourth-order valence-electron chi connectivity index (χ4n) is 1.53. The molecule has 0 atom stereocenters. The molecule has 1 rings (SSSR count). The monoisotopic (exact) mass is 278 g/mol. The standard InChI is InChI=1S/C16H22O4/c1-4-8-19-14-10-13(6-7-16(17)18-3)11-15(12-14)20-9-5-2/h6-7,10-12H,4-5,8-9H2,1-3H3. The molecule has 0 amide bonds. The van der Waals surface area contributed by atoms with Gasteiger partial charge in [-0.3, -0.25) is 0 Å². The van der Waals surface area contributed by atoms with E-state index in [1.807, 2.05) is 18.2 Å². The van der Waals surface area contributed by atoms with Gasteiger partial charge in [0, 0.05) is 12.1 Å². The average Bonchev–Trinajstić information content (AvgIpc) is 2.48. The Hall–Kier alpha value is -1.97. The van der Waals surface area contributed by atoms with E-state index in [-0.39, 0.29) is 5.97 Å². The van der Waals surface area contributed by atoms with E-state index in [1.54, 1.807) is 6.08 Å². The first-order chi connectivity index (χ1) is 9.69. The van der Waals surface area contributed by atoms with Gasteiger partial charge in [0.2, 0.25) is 0 Å². The Bertz CT molecular complexity index is 426. The quantitative estimate of drug-likeness (QED) is 0.539. The van der Waals surface area contributed by atoms with E-state index in [0.29, 0.717) is 13.2 Å². The van der Waals surface area contributed by atoms with Crippen molar-refractivity contribution in [3.63, 3.8) is 0 Å². The maximum Gasteiger partial charge on any atom is 0.330 e. The lowest BCUT2D eigenvalue weighted by molar-refractivity contribution is -0.134. The molecule has 0 aromatic heterocycles. The maximum absolute atomic E-state index is 11.1. The Labute approximate surface area is 120 Å². The summed E-state index contributed by atoms with van der Waals surface area (Å²) >= 11 is 0. The smallest absolute Gasteiger partial charge is 0.330 e. The van der Waals surface area contributed by atoms with Gasteiger partial charge in [-0.25, -0.2) is 4.79 Å². The molecule has 0 saturated heterocycles. The van der Waals surface area contributed by atoms with Gasteiger partial charge in [-0.2, -0.15) is 0 Å². The first-order valence-electron chi connectivity index (χ1n) is 6.86. The minimum Gasteiger partial charge on any atom is -0.493 e. The number of esters is 1. The zero-order valence-corrected chi connectivity index (χ0v) is 12.3. The topological polar surface area (TPSA) is 44.8 Å². The van der Waals surface area contributed by atoms with E-state index >= 15 is 0 Å². The number of benzene rings is 1. The van der Waals surface area contributed by atoms with Gasteiger partial charge in [0.25, 0.3) is 0 Å². The van der Waals surface area contributed by atoms with E-state index in [0.717, 1.165) is 29.9 Å². The summed E-state index contributed by atoms with van der Waals surface area (Å²) in [5.41, 5.74) is 0.843. The summed E-state index contributed by atoms with van der Waals surface area (Å²) in [5, 5.41) is 0. The van der Waals surface area contributed by atoms with Crippen molar-refractivity contribution in [2.75, 3.05) is 20.3 Å². The highest BCUT2D eigenvalue weighted by atomic mass is 16.5. The van der Waals surface area contributed by atoms with Crippen LogP contribution in [0.25, 0.3) is 6.08 Å². The van der Waals surface area contributed by atoms with E-state index in [9.17, 15) is 4.79 Å². The number of methoxy groups -OCH3 is 1. The molecule has 4 nitrogen and oxygen atoms in total. The Morgan fingerprint density at radius 2 is 1.60 bits per heavy atom. The van der Waals surface area contributed by atoms with Crippen LogP contribution in [-0.2, 0) is 9.53 Å². The molecule has 20 heavy (non-hydrogen) atoms. The zero-order chi connectivity index (χ0) is 14.8. The van der Waals surface area contributed by atoms with Crippen LogP contribution in [0.3, 0.4) is 0 Å². The molecule has 0 fully saturated rings. The zero-order valence-electron chi connectivity index (χ0n) is 12.3. The Morgan fingerprint density at radius 1 is 1.05 bits per heavy atom. The molecule has 0 aliphatic rings. The van der Waals surface area contributed by atoms with Crippen molar-refractivity contribution in [3.05, 3.63) is 29.8 Å². The van der Waals surface area contributed by atoms with Crippen LogP contribution in [0.4, 0.5) is 0 Å². The highest BCUT2D eigenvalue weighted by Gasteiger charge is 2.02. The average molecular weight is 278 g/mol. The number of carbonyl (C=O) groups is 1. The molecule has 0 radical (unpaired) electrons. The minimum atomic E-state index is -0.388. The van der Waals surface area contributed by atoms with Crippen molar-refractivity contribution in [1.29, 1.82) is 0 Å². The molecule has 0 N–H and O–H groups in total. The van der Waals surface area contributed by atoms with Crippen molar-refractivity contribution in [2.45, 2.75) is 26.7 Å². The molecule has 1 aromatic rings. The maximum atomic E-state index is 11.1. The molecule has 4 heteroatoms. The van der Waals surface area contributed by atoms with Gasteiger partial charge in [-0.15, -0.1) is 0 Å². The second kappa shape index (κ2) is 9.02. The lowest BCUT2D eigenvalue weighted by Gasteiger charge is -2.10. The van der Waals surface area contributed by atoms with Gasteiger partial charge >= 0.3 is 5.97 Å². The van der Waals surface area contributed by atoms with Crippen molar-refractivity contribution in [2.24, 2.45) is 0 Å². The predicted octanol–water partition coefficient (Wildman–Crippen LogP) is 3.45. The summed E-state index contributed by atoms with van der Waals surface area (Å²) in [4.78, 5) is 11.1. The Balaban J connectivity index is 2.90. The third-order valence-corrected chi connectivity index (χ3v) is 2.46. The molecule has 0 aliphatic carbocycles. The summed E-state index contributed by atoms with van der Waals surface area (Å²) < 4.78 is 15.8. The lowest BCUT2D eigenvalue weighted by atomic mass is 10.2. The Morgan fingerprint density at radius 3 is 2.05 bits per heavy atom. The first-order valence-corrected chi connectivity index (χ1v) is 6.86. The van der Waals surface area contributed by atoms with Gasteiger partial charge < -0.3 is 14.2 Å². The first kappa shape index (κ1) is 16.1. The molecular weight excluding hydrogens is 256 g/mol. The molecule has 0 unspecified atom stereocenters. The van der Waals surface area contributed by atoms with Gasteiger partial charge in [0.05, 0.1) is 20.3 Å². The molecule has 0 heterocycles. The van der Waals surface area contributed by atoms with Crippen LogP contribution in [0.15, 0.2) is 24.3 Å². The summed E-state index contributed by atoms with van der Waals surface area (Å²) in [5.74, 6) is 1.09. The van der Waals surface area contributed by atoms with E-state index in [2.05, 4.69) is 18.6 Å². The van der Waals surface area contributed by atoms with Crippen LogP contribution in [0, 0.1) is 0 Å². The summed E-state index contributed by atoms with van der Waals surface area (Å²) in [6.07, 6.45) is 4.94. The lowest BCUT2D eigenvalue weighted by Crippen LogP contribution is -1.99. The SMILES string of the molecule is CCCOc1cc(C=CC(=O)OC)cc(OCCC)c1. The van der Waals surface area contributed by atoms with Crippen molar-refractivity contribution in [3.8, 4) is 11.5 Å². The highest BCUT2D eigenvalue weighted by Crippen LogP contribution is 2.24. The Kier molecular flexibility index (Phi) is 7.25. The van der Waals surface area contributed by atoms with E-state index in [1.165, 1.54) is 13.2 Å². The van der Waals surface area contributed by atoms with E-state index in [4.69, 9.17) is 9.47 Å². The van der Waals surface area contributed by atoms with Gasteiger partial charge in [0.1, 0.15) is 11.5 Å². The molecule has 110 valence electrons. The fraction of sp³-hybridized carbons (Fsp3) is 0.438. The normalized spacial score (nSPS) is 10.6. The van der Waals surface area contributed by atoms with Crippen LogP contribution in [0.2, 0.25) is 0 Å². The molecule has 1 aromatic carbocycles. The van der Waals surface area contributed by atoms with E-state index < -0.39 is 0 Å². The number of hydrogen-bond acceptors (Lipinski definition) is 4. The second-order valence-electron chi connectivity index (χ2n) is 4.29. The van der Waals surface area contributed by atoms with Crippen LogP contribution in [-0.4, -0.2) is 26.3 Å². The minimum absolute atomic E-state index is 0.388. The molecule has 0 spiro atoms. The number of hydrogen-bond donors (Lipinski definition) is 0. The largest absolute Gasteiger partial charge is 0.493 e. The van der Waals surface area contributed by atoms with Crippen LogP contribution in [0.5, 0.6) is 11.5 Å². The number of ether oxygens (including phenoxy) is 3. The van der Waals surface area contributed by atoms with Crippen molar-refractivity contribution >= 4 is 12.0 Å². The van der Waals surface area contributed by atoms with Crippen LogP contribution in [0.1, 0.15) is 32.3 Å². The third-order valence-electron chi connectivity index (χ3n) is 2.46. The van der Waals surface area contributed by atoms with Gasteiger partial charge in [-0.05, 0) is 36.6 Å². The summed E-state index contributed by atoms with van der Waals surface area (Å²) in [7, 11) is 1.35. The predicted molar refractivity (Wildman–Crippen MR) is 79.1 cm³/mol.